The van der Waals surface area contributed by atoms with Crippen molar-refractivity contribution < 1.29 is 4.79 Å². The molecule has 116 valence electrons. The highest BCUT2D eigenvalue weighted by atomic mass is 32.1. The molecule has 5 heteroatoms. The highest BCUT2D eigenvalue weighted by Crippen LogP contribution is 2.29. The largest absolute Gasteiger partial charge is 0.340 e. The van der Waals surface area contributed by atoms with Crippen LogP contribution in [0.2, 0.25) is 0 Å². The van der Waals surface area contributed by atoms with Crippen LogP contribution < -0.4 is 0 Å². The average Bonchev–Trinajstić information content (AvgIpc) is 2.88. The van der Waals surface area contributed by atoms with Crippen molar-refractivity contribution in [2.24, 2.45) is 5.92 Å². The van der Waals surface area contributed by atoms with Crippen LogP contribution in [0.4, 0.5) is 0 Å². The minimum atomic E-state index is 0.329. The highest BCUT2D eigenvalue weighted by molar-refractivity contribution is 7.18. The van der Waals surface area contributed by atoms with Crippen LogP contribution in [-0.2, 0) is 11.3 Å². The molecule has 1 amide bonds. The Kier molecular flexibility index (Phi) is 3.84. The second-order valence-corrected chi connectivity index (χ2v) is 7.42. The first-order valence-electron chi connectivity index (χ1n) is 8.15. The van der Waals surface area contributed by atoms with E-state index in [0.717, 1.165) is 51.1 Å². The number of para-hydroxylation sites is 1. The summed E-state index contributed by atoms with van der Waals surface area (Å²) >= 11 is 1.78. The zero-order valence-electron chi connectivity index (χ0n) is 12.7. The summed E-state index contributed by atoms with van der Waals surface area (Å²) in [4.78, 5) is 21.5. The summed E-state index contributed by atoms with van der Waals surface area (Å²) in [6.45, 7) is 4.59. The van der Waals surface area contributed by atoms with Crippen LogP contribution in [-0.4, -0.2) is 46.9 Å². The summed E-state index contributed by atoms with van der Waals surface area (Å²) in [6, 6.07) is 8.31. The fraction of sp³-hybridized carbons (Fsp3) is 0.529. The third-order valence-electron chi connectivity index (χ3n) is 4.84. The Morgan fingerprint density at radius 1 is 1.18 bits per heavy atom. The van der Waals surface area contributed by atoms with Crippen LogP contribution in [0, 0.1) is 5.92 Å². The van der Waals surface area contributed by atoms with Gasteiger partial charge in [-0.1, -0.05) is 18.6 Å². The van der Waals surface area contributed by atoms with Crippen LogP contribution in [0.5, 0.6) is 0 Å². The van der Waals surface area contributed by atoms with E-state index in [-0.39, 0.29) is 0 Å². The molecule has 4 nitrogen and oxygen atoms in total. The summed E-state index contributed by atoms with van der Waals surface area (Å²) < 4.78 is 1.26. The minimum Gasteiger partial charge on any atom is -0.340 e. The lowest BCUT2D eigenvalue weighted by atomic mass is 9.84. The molecular formula is C17H21N3OS. The van der Waals surface area contributed by atoms with Gasteiger partial charge in [0.05, 0.1) is 16.8 Å². The van der Waals surface area contributed by atoms with E-state index < -0.39 is 0 Å². The van der Waals surface area contributed by atoms with E-state index in [0.29, 0.717) is 11.8 Å². The van der Waals surface area contributed by atoms with Crippen LogP contribution >= 0.6 is 11.3 Å². The Hall–Kier alpha value is -1.46. The van der Waals surface area contributed by atoms with Crippen LogP contribution in [0.15, 0.2) is 24.3 Å². The lowest BCUT2D eigenvalue weighted by molar-refractivity contribution is -0.140. The number of hydrogen-bond acceptors (Lipinski definition) is 4. The van der Waals surface area contributed by atoms with E-state index in [2.05, 4.69) is 28.0 Å². The fourth-order valence-electron chi connectivity index (χ4n) is 3.22. The Labute approximate surface area is 134 Å². The number of thiazole rings is 1. The fourth-order valence-corrected chi connectivity index (χ4v) is 4.23. The number of carbonyl (C=O) groups is 1. The maximum absolute atomic E-state index is 12.3. The standard InChI is InChI=1S/C17H21N3OS/c21-17(13-4-3-5-13)20-10-8-19(9-11-20)12-16-18-14-6-1-2-7-15(14)22-16/h1-2,6-7,13H,3-5,8-12H2. The van der Waals surface area contributed by atoms with Gasteiger partial charge in [-0.25, -0.2) is 4.98 Å². The molecule has 1 aliphatic carbocycles. The Balaban J connectivity index is 1.34. The van der Waals surface area contributed by atoms with E-state index in [9.17, 15) is 4.79 Å². The first-order valence-corrected chi connectivity index (χ1v) is 8.97. The second kappa shape index (κ2) is 5.97. The van der Waals surface area contributed by atoms with Crippen molar-refractivity contribution >= 4 is 27.5 Å². The quantitative estimate of drug-likeness (QED) is 0.874. The van der Waals surface area contributed by atoms with E-state index in [1.165, 1.54) is 16.1 Å². The molecule has 2 fully saturated rings. The van der Waals surface area contributed by atoms with Gasteiger partial charge in [0.1, 0.15) is 5.01 Å². The van der Waals surface area contributed by atoms with Crippen molar-refractivity contribution in [2.45, 2.75) is 25.8 Å². The number of carbonyl (C=O) groups excluding carboxylic acids is 1. The molecular weight excluding hydrogens is 294 g/mol. The number of rotatable bonds is 3. The van der Waals surface area contributed by atoms with Gasteiger partial charge in [-0.15, -0.1) is 11.3 Å². The molecule has 4 rings (SSSR count). The number of amides is 1. The van der Waals surface area contributed by atoms with E-state index in [1.807, 2.05) is 6.07 Å². The molecule has 1 aliphatic heterocycles. The first kappa shape index (κ1) is 14.2. The van der Waals surface area contributed by atoms with Gasteiger partial charge in [-0.2, -0.15) is 0 Å². The third kappa shape index (κ3) is 2.75. The molecule has 1 saturated carbocycles. The molecule has 2 aliphatic rings. The number of benzene rings is 1. The molecule has 0 spiro atoms. The van der Waals surface area contributed by atoms with Gasteiger partial charge < -0.3 is 4.90 Å². The Morgan fingerprint density at radius 2 is 1.95 bits per heavy atom. The summed E-state index contributed by atoms with van der Waals surface area (Å²) in [5.41, 5.74) is 1.10. The Morgan fingerprint density at radius 3 is 2.64 bits per heavy atom. The molecule has 0 radical (unpaired) electrons. The smallest absolute Gasteiger partial charge is 0.225 e. The maximum Gasteiger partial charge on any atom is 0.225 e. The van der Waals surface area contributed by atoms with Crippen LogP contribution in [0.25, 0.3) is 10.2 Å². The monoisotopic (exact) mass is 315 g/mol. The van der Waals surface area contributed by atoms with Crippen molar-refractivity contribution in [1.29, 1.82) is 0 Å². The zero-order valence-corrected chi connectivity index (χ0v) is 13.5. The molecule has 0 atom stereocenters. The number of nitrogens with zero attached hydrogens (tertiary/aromatic N) is 3. The van der Waals surface area contributed by atoms with Crippen molar-refractivity contribution in [3.63, 3.8) is 0 Å². The second-order valence-electron chi connectivity index (χ2n) is 6.30. The van der Waals surface area contributed by atoms with Gasteiger partial charge in [0.2, 0.25) is 5.91 Å². The minimum absolute atomic E-state index is 0.329. The average molecular weight is 315 g/mol. The van der Waals surface area contributed by atoms with Crippen LogP contribution in [0.3, 0.4) is 0 Å². The van der Waals surface area contributed by atoms with Gasteiger partial charge in [0.25, 0.3) is 0 Å². The summed E-state index contributed by atoms with van der Waals surface area (Å²) in [5.74, 6) is 0.724. The van der Waals surface area contributed by atoms with Crippen molar-refractivity contribution in [3.8, 4) is 0 Å². The van der Waals surface area contributed by atoms with Crippen LogP contribution in [0.1, 0.15) is 24.3 Å². The van der Waals surface area contributed by atoms with E-state index in [4.69, 9.17) is 4.98 Å². The first-order chi connectivity index (χ1) is 10.8. The number of piperazine rings is 1. The molecule has 1 aromatic carbocycles. The lowest BCUT2D eigenvalue weighted by Gasteiger charge is -2.37. The molecule has 1 aromatic heterocycles. The van der Waals surface area contributed by atoms with Gasteiger partial charge in [-0.05, 0) is 25.0 Å². The van der Waals surface area contributed by atoms with Crippen molar-refractivity contribution in [2.75, 3.05) is 26.2 Å². The summed E-state index contributed by atoms with van der Waals surface area (Å²) in [7, 11) is 0. The van der Waals surface area contributed by atoms with Gasteiger partial charge >= 0.3 is 0 Å². The molecule has 0 unspecified atom stereocenters. The zero-order chi connectivity index (χ0) is 14.9. The molecule has 0 N–H and O–H groups in total. The SMILES string of the molecule is O=C(C1CCC1)N1CCN(Cc2nc3ccccc3s2)CC1. The van der Waals surface area contributed by atoms with E-state index >= 15 is 0 Å². The summed E-state index contributed by atoms with van der Waals surface area (Å²) in [6.07, 6.45) is 3.43. The molecule has 0 bridgehead atoms. The van der Waals surface area contributed by atoms with Gasteiger partial charge in [0, 0.05) is 32.1 Å². The molecule has 1 saturated heterocycles. The summed E-state index contributed by atoms with van der Waals surface area (Å²) in [5, 5.41) is 1.18. The normalized spacial score (nSPS) is 20.3. The van der Waals surface area contributed by atoms with Crippen molar-refractivity contribution in [1.82, 2.24) is 14.8 Å². The highest BCUT2D eigenvalue weighted by Gasteiger charge is 2.31. The molecule has 22 heavy (non-hydrogen) atoms. The molecule has 2 heterocycles. The number of hydrogen-bond donors (Lipinski definition) is 0. The maximum atomic E-state index is 12.3. The Bertz CT molecular complexity index is 638. The third-order valence-corrected chi connectivity index (χ3v) is 5.86. The predicted octanol–water partition coefficient (Wildman–Crippen LogP) is 2.74. The van der Waals surface area contributed by atoms with Gasteiger partial charge in [-0.3, -0.25) is 9.69 Å². The predicted molar refractivity (Wildman–Crippen MR) is 88.8 cm³/mol. The van der Waals surface area contributed by atoms with E-state index in [1.54, 1.807) is 11.3 Å². The van der Waals surface area contributed by atoms with Gasteiger partial charge in [0.15, 0.2) is 0 Å². The molecule has 2 aromatic rings. The number of aromatic nitrogens is 1. The van der Waals surface area contributed by atoms with Crippen molar-refractivity contribution in [3.05, 3.63) is 29.3 Å². The topological polar surface area (TPSA) is 36.4 Å². The lowest BCUT2D eigenvalue weighted by Crippen LogP contribution is -2.50. The number of fused-ring (bicyclic) bond motifs is 1.